The van der Waals surface area contributed by atoms with Crippen LogP contribution < -0.4 is 0 Å². The molecule has 3 rings (SSSR count). The molecule has 19 heavy (non-hydrogen) atoms. The van der Waals surface area contributed by atoms with Crippen LogP contribution in [0.1, 0.15) is 17.4 Å². The minimum absolute atomic E-state index is 0.565. The minimum atomic E-state index is -0.763. The Balaban J connectivity index is 2.20. The number of fused-ring (bicyclic) bond motifs is 1. The fraction of sp³-hybridized carbons (Fsp3) is 0.143. The average Bonchev–Trinajstić information content (AvgIpc) is 2.77. The van der Waals surface area contributed by atoms with Crippen LogP contribution in [0.4, 0.5) is 0 Å². The highest BCUT2D eigenvalue weighted by atomic mass is 79.9. The van der Waals surface area contributed by atoms with Crippen LogP contribution in [-0.4, -0.2) is 20.1 Å². The van der Waals surface area contributed by atoms with Gasteiger partial charge in [-0.2, -0.15) is 0 Å². The van der Waals surface area contributed by atoms with Gasteiger partial charge in [0.2, 0.25) is 0 Å². The van der Waals surface area contributed by atoms with Crippen LogP contribution in [0.2, 0.25) is 0 Å². The van der Waals surface area contributed by atoms with Crippen molar-refractivity contribution < 1.29 is 5.11 Å². The van der Waals surface area contributed by atoms with Gasteiger partial charge < -0.3 is 5.11 Å². The number of nitrogens with zero attached hydrogens (tertiary/aromatic N) is 3. The van der Waals surface area contributed by atoms with E-state index in [1.807, 2.05) is 42.5 Å². The number of aliphatic hydroxyl groups is 1. The molecule has 0 radical (unpaired) electrons. The van der Waals surface area contributed by atoms with E-state index in [0.29, 0.717) is 10.3 Å². The molecular formula is C14H12BrN3O. The molecule has 1 atom stereocenters. The Morgan fingerprint density at radius 3 is 2.63 bits per heavy atom. The number of rotatable bonds is 2. The number of hydrogen-bond acceptors (Lipinski definition) is 3. The zero-order valence-corrected chi connectivity index (χ0v) is 11.9. The highest BCUT2D eigenvalue weighted by Gasteiger charge is 2.20. The van der Waals surface area contributed by atoms with E-state index in [9.17, 15) is 5.11 Å². The van der Waals surface area contributed by atoms with Gasteiger partial charge in [-0.15, -0.1) is 5.10 Å². The molecule has 0 aliphatic carbocycles. The first-order chi connectivity index (χ1) is 9.18. The van der Waals surface area contributed by atoms with Gasteiger partial charge in [-0.1, -0.05) is 47.7 Å². The average molecular weight is 318 g/mol. The van der Waals surface area contributed by atoms with Crippen molar-refractivity contribution in [2.75, 3.05) is 0 Å². The Morgan fingerprint density at radius 1 is 1.16 bits per heavy atom. The molecule has 1 unspecified atom stereocenters. The molecule has 0 spiro atoms. The first-order valence-corrected chi connectivity index (χ1v) is 6.68. The molecule has 0 aliphatic heterocycles. The third kappa shape index (κ3) is 2.05. The summed E-state index contributed by atoms with van der Waals surface area (Å²) in [6.07, 6.45) is -0.763. The van der Waals surface area contributed by atoms with Crippen molar-refractivity contribution >= 4 is 26.7 Å². The van der Waals surface area contributed by atoms with Crippen LogP contribution >= 0.6 is 15.9 Å². The molecule has 0 saturated heterocycles. The topological polar surface area (TPSA) is 50.9 Å². The lowest BCUT2D eigenvalue weighted by Gasteiger charge is -2.14. The predicted molar refractivity (Wildman–Crippen MR) is 76.7 cm³/mol. The Labute approximate surface area is 118 Å². The summed E-state index contributed by atoms with van der Waals surface area (Å²) in [5.74, 6) is 0. The maximum absolute atomic E-state index is 10.6. The summed E-state index contributed by atoms with van der Waals surface area (Å²) < 4.78 is 2.15. The molecule has 1 N–H and O–H groups in total. The first-order valence-electron chi connectivity index (χ1n) is 5.89. The third-order valence-electron chi connectivity index (χ3n) is 3.20. The first kappa shape index (κ1) is 12.3. The standard InChI is InChI=1S/C14H12BrN3O/c1-18-12(14(15)16-17-18)13(19)11-8-4-6-9-5-2-3-7-10(9)11/h2-8,13,19H,1H3. The van der Waals surface area contributed by atoms with Gasteiger partial charge in [-0.25, -0.2) is 4.68 Å². The molecule has 0 fully saturated rings. The van der Waals surface area contributed by atoms with Crippen molar-refractivity contribution in [3.05, 3.63) is 58.3 Å². The van der Waals surface area contributed by atoms with Gasteiger partial charge in [0, 0.05) is 7.05 Å². The van der Waals surface area contributed by atoms with E-state index < -0.39 is 6.10 Å². The lowest BCUT2D eigenvalue weighted by Crippen LogP contribution is -2.07. The molecule has 0 aliphatic rings. The van der Waals surface area contributed by atoms with Crippen LogP contribution in [0, 0.1) is 0 Å². The maximum atomic E-state index is 10.6. The van der Waals surface area contributed by atoms with Crippen molar-refractivity contribution in [1.29, 1.82) is 0 Å². The largest absolute Gasteiger partial charge is 0.382 e. The summed E-state index contributed by atoms with van der Waals surface area (Å²) in [6, 6.07) is 13.9. The summed E-state index contributed by atoms with van der Waals surface area (Å²) in [7, 11) is 1.77. The molecule has 0 saturated carbocycles. The zero-order valence-electron chi connectivity index (χ0n) is 10.3. The third-order valence-corrected chi connectivity index (χ3v) is 3.77. The van der Waals surface area contributed by atoms with Crippen molar-refractivity contribution in [3.8, 4) is 0 Å². The Kier molecular flexibility index (Phi) is 3.08. The summed E-state index contributed by atoms with van der Waals surface area (Å²) >= 11 is 3.32. The smallest absolute Gasteiger partial charge is 0.154 e. The maximum Gasteiger partial charge on any atom is 0.154 e. The second kappa shape index (κ2) is 4.75. The van der Waals surface area contributed by atoms with Crippen molar-refractivity contribution in [2.45, 2.75) is 6.10 Å². The second-order valence-electron chi connectivity index (χ2n) is 4.36. The molecule has 3 aromatic rings. The van der Waals surface area contributed by atoms with Crippen LogP contribution in [0.3, 0.4) is 0 Å². The summed E-state index contributed by atoms with van der Waals surface area (Å²) in [5, 5.41) is 20.6. The van der Waals surface area contributed by atoms with Crippen molar-refractivity contribution in [1.82, 2.24) is 15.0 Å². The van der Waals surface area contributed by atoms with E-state index in [4.69, 9.17) is 0 Å². The Morgan fingerprint density at radius 2 is 1.89 bits per heavy atom. The second-order valence-corrected chi connectivity index (χ2v) is 5.11. The fourth-order valence-electron chi connectivity index (χ4n) is 2.27. The highest BCUT2D eigenvalue weighted by Crippen LogP contribution is 2.31. The van der Waals surface area contributed by atoms with E-state index in [0.717, 1.165) is 16.3 Å². The predicted octanol–water partition coefficient (Wildman–Crippen LogP) is 2.81. The van der Waals surface area contributed by atoms with Crippen molar-refractivity contribution in [2.24, 2.45) is 7.05 Å². The van der Waals surface area contributed by atoms with Gasteiger partial charge in [0.15, 0.2) is 4.60 Å². The number of aliphatic hydroxyl groups excluding tert-OH is 1. The molecule has 1 heterocycles. The molecule has 0 amide bonds. The monoisotopic (exact) mass is 317 g/mol. The molecule has 96 valence electrons. The summed E-state index contributed by atoms with van der Waals surface area (Å²) in [5.41, 5.74) is 1.50. The molecule has 2 aromatic carbocycles. The van der Waals surface area contributed by atoms with E-state index in [1.54, 1.807) is 11.7 Å². The molecule has 4 nitrogen and oxygen atoms in total. The quantitative estimate of drug-likeness (QED) is 0.790. The van der Waals surface area contributed by atoms with Crippen LogP contribution in [0.15, 0.2) is 47.1 Å². The van der Waals surface area contributed by atoms with Gasteiger partial charge in [0.25, 0.3) is 0 Å². The number of aryl methyl sites for hydroxylation is 1. The molecule has 0 bridgehead atoms. The van der Waals surface area contributed by atoms with Gasteiger partial charge in [-0.3, -0.25) is 0 Å². The molecular weight excluding hydrogens is 306 g/mol. The normalized spacial score (nSPS) is 12.8. The number of halogens is 1. The van der Waals surface area contributed by atoms with Gasteiger partial charge in [0.1, 0.15) is 11.8 Å². The highest BCUT2D eigenvalue weighted by molar-refractivity contribution is 9.10. The summed E-state index contributed by atoms with van der Waals surface area (Å²) in [6.45, 7) is 0. The van der Waals surface area contributed by atoms with Gasteiger partial charge in [0.05, 0.1) is 0 Å². The Bertz CT molecular complexity index is 714. The summed E-state index contributed by atoms with van der Waals surface area (Å²) in [4.78, 5) is 0. The molecule has 5 heteroatoms. The van der Waals surface area contributed by atoms with Crippen LogP contribution in [0.25, 0.3) is 10.8 Å². The SMILES string of the molecule is Cn1nnc(Br)c1C(O)c1cccc2ccccc12. The zero-order chi connectivity index (χ0) is 13.4. The van der Waals surface area contributed by atoms with Crippen LogP contribution in [-0.2, 0) is 7.05 Å². The number of benzene rings is 2. The minimum Gasteiger partial charge on any atom is -0.382 e. The van der Waals surface area contributed by atoms with E-state index in [1.165, 1.54) is 0 Å². The van der Waals surface area contributed by atoms with E-state index >= 15 is 0 Å². The lowest BCUT2D eigenvalue weighted by molar-refractivity contribution is 0.210. The molecule has 1 aromatic heterocycles. The van der Waals surface area contributed by atoms with Gasteiger partial charge in [-0.05, 0) is 32.3 Å². The lowest BCUT2D eigenvalue weighted by atomic mass is 9.99. The van der Waals surface area contributed by atoms with E-state index in [2.05, 4.69) is 26.2 Å². The van der Waals surface area contributed by atoms with Crippen molar-refractivity contribution in [3.63, 3.8) is 0 Å². The van der Waals surface area contributed by atoms with Gasteiger partial charge >= 0.3 is 0 Å². The number of aromatic nitrogens is 3. The fourth-order valence-corrected chi connectivity index (χ4v) is 2.81. The van der Waals surface area contributed by atoms with Crippen LogP contribution in [0.5, 0.6) is 0 Å². The Hall–Kier alpha value is -1.72. The van der Waals surface area contributed by atoms with E-state index in [-0.39, 0.29) is 0 Å². The number of hydrogen-bond donors (Lipinski definition) is 1.